The number of halogens is 1. The molecule has 2 nitrogen and oxygen atoms in total. The first-order valence-electron chi connectivity index (χ1n) is 8.38. The molecule has 3 rings (SSSR count). The van der Waals surface area contributed by atoms with Gasteiger partial charge in [0.1, 0.15) is 0 Å². The van der Waals surface area contributed by atoms with E-state index < -0.39 is 0 Å². The molecule has 1 aliphatic carbocycles. The summed E-state index contributed by atoms with van der Waals surface area (Å²) >= 11 is 7.67. The monoisotopic (exact) mass is 359 g/mol. The standard InChI is InChI=1S/C20H22ClNOS/c1-22(18-4-2-3-5-18)20(23)16-8-6-15(7-9-16)14-24-19-12-10-17(21)11-13-19/h6-13,18H,2-5,14H2,1H3. The molecule has 2 aromatic rings. The lowest BCUT2D eigenvalue weighted by Crippen LogP contribution is -2.35. The zero-order valence-corrected chi connectivity index (χ0v) is 15.4. The quantitative estimate of drug-likeness (QED) is 0.643. The average Bonchev–Trinajstić information content (AvgIpc) is 3.15. The van der Waals surface area contributed by atoms with Crippen molar-refractivity contribution in [2.75, 3.05) is 7.05 Å². The molecule has 0 bridgehead atoms. The molecule has 0 atom stereocenters. The van der Waals surface area contributed by atoms with Crippen LogP contribution in [0.4, 0.5) is 0 Å². The largest absolute Gasteiger partial charge is 0.339 e. The smallest absolute Gasteiger partial charge is 0.253 e. The van der Waals surface area contributed by atoms with Gasteiger partial charge in [-0.1, -0.05) is 36.6 Å². The third-order valence-corrected chi connectivity index (χ3v) is 5.95. The highest BCUT2D eigenvalue weighted by molar-refractivity contribution is 7.98. The fourth-order valence-electron chi connectivity index (χ4n) is 3.10. The van der Waals surface area contributed by atoms with E-state index in [1.54, 1.807) is 11.8 Å². The fourth-order valence-corrected chi connectivity index (χ4v) is 4.08. The lowest BCUT2D eigenvalue weighted by Gasteiger charge is -2.24. The Morgan fingerprint density at radius 1 is 1.08 bits per heavy atom. The van der Waals surface area contributed by atoms with E-state index in [9.17, 15) is 4.79 Å². The first-order chi connectivity index (χ1) is 11.6. The summed E-state index contributed by atoms with van der Waals surface area (Å²) in [5, 5.41) is 0.758. The minimum atomic E-state index is 0.138. The van der Waals surface area contributed by atoms with E-state index in [2.05, 4.69) is 12.1 Å². The molecule has 126 valence electrons. The zero-order valence-electron chi connectivity index (χ0n) is 13.9. The van der Waals surface area contributed by atoms with E-state index in [-0.39, 0.29) is 5.91 Å². The third-order valence-electron chi connectivity index (χ3n) is 4.61. The second kappa shape index (κ2) is 8.09. The van der Waals surface area contributed by atoms with Gasteiger partial charge >= 0.3 is 0 Å². The Morgan fingerprint density at radius 3 is 2.33 bits per heavy atom. The van der Waals surface area contributed by atoms with E-state index in [1.165, 1.54) is 23.3 Å². The molecule has 0 N–H and O–H groups in total. The first kappa shape index (κ1) is 17.4. The first-order valence-corrected chi connectivity index (χ1v) is 9.74. The fraction of sp³-hybridized carbons (Fsp3) is 0.350. The Hall–Kier alpha value is -1.45. The van der Waals surface area contributed by atoms with Crippen LogP contribution in [0.5, 0.6) is 0 Å². The summed E-state index contributed by atoms with van der Waals surface area (Å²) in [7, 11) is 1.93. The summed E-state index contributed by atoms with van der Waals surface area (Å²) in [5.74, 6) is 1.02. The van der Waals surface area contributed by atoms with Crippen molar-refractivity contribution in [3.8, 4) is 0 Å². The number of rotatable bonds is 5. The van der Waals surface area contributed by atoms with E-state index in [0.29, 0.717) is 6.04 Å². The summed E-state index contributed by atoms with van der Waals surface area (Å²) in [4.78, 5) is 15.7. The van der Waals surface area contributed by atoms with E-state index in [4.69, 9.17) is 11.6 Å². The molecule has 0 radical (unpaired) electrons. The maximum absolute atomic E-state index is 12.6. The number of nitrogens with zero attached hydrogens (tertiary/aromatic N) is 1. The van der Waals surface area contributed by atoms with Crippen LogP contribution in [0.3, 0.4) is 0 Å². The minimum absolute atomic E-state index is 0.138. The van der Waals surface area contributed by atoms with Gasteiger partial charge in [-0.05, 0) is 54.8 Å². The van der Waals surface area contributed by atoms with E-state index in [0.717, 1.165) is 29.2 Å². The Balaban J connectivity index is 1.58. The molecule has 0 unspecified atom stereocenters. The van der Waals surface area contributed by atoms with Gasteiger partial charge in [-0.2, -0.15) is 0 Å². The molecule has 1 aliphatic rings. The molecule has 0 heterocycles. The number of carbonyl (C=O) groups is 1. The van der Waals surface area contributed by atoms with Crippen molar-refractivity contribution in [2.45, 2.75) is 42.4 Å². The molecule has 1 amide bonds. The molecular weight excluding hydrogens is 338 g/mol. The van der Waals surface area contributed by atoms with Gasteiger partial charge in [0.2, 0.25) is 0 Å². The molecule has 0 aliphatic heterocycles. The van der Waals surface area contributed by atoms with Gasteiger partial charge in [0.05, 0.1) is 0 Å². The van der Waals surface area contributed by atoms with Gasteiger partial charge in [-0.15, -0.1) is 11.8 Å². The average molecular weight is 360 g/mol. The SMILES string of the molecule is CN(C(=O)c1ccc(CSc2ccc(Cl)cc2)cc1)C1CCCC1. The maximum Gasteiger partial charge on any atom is 0.253 e. The van der Waals surface area contributed by atoms with Gasteiger partial charge < -0.3 is 4.90 Å². The number of carbonyl (C=O) groups excluding carboxylic acids is 1. The summed E-state index contributed by atoms with van der Waals surface area (Å²) < 4.78 is 0. The summed E-state index contributed by atoms with van der Waals surface area (Å²) in [6.07, 6.45) is 4.75. The maximum atomic E-state index is 12.6. The van der Waals surface area contributed by atoms with E-state index >= 15 is 0 Å². The van der Waals surface area contributed by atoms with Crippen molar-refractivity contribution in [3.05, 3.63) is 64.7 Å². The molecule has 0 aromatic heterocycles. The van der Waals surface area contributed by atoms with Crippen LogP contribution in [-0.4, -0.2) is 23.9 Å². The topological polar surface area (TPSA) is 20.3 Å². The molecule has 0 spiro atoms. The number of hydrogen-bond acceptors (Lipinski definition) is 2. The van der Waals surface area contributed by atoms with Crippen LogP contribution >= 0.6 is 23.4 Å². The van der Waals surface area contributed by atoms with Crippen molar-refractivity contribution in [1.29, 1.82) is 0 Å². The predicted octanol–water partition coefficient (Wildman–Crippen LogP) is 5.65. The summed E-state index contributed by atoms with van der Waals surface area (Å²) in [6.45, 7) is 0. The van der Waals surface area contributed by atoms with Crippen LogP contribution in [0.1, 0.15) is 41.6 Å². The highest BCUT2D eigenvalue weighted by Gasteiger charge is 2.24. The molecule has 0 saturated heterocycles. The van der Waals surface area contributed by atoms with Crippen LogP contribution < -0.4 is 0 Å². The van der Waals surface area contributed by atoms with Crippen LogP contribution in [0.25, 0.3) is 0 Å². The highest BCUT2D eigenvalue weighted by atomic mass is 35.5. The lowest BCUT2D eigenvalue weighted by atomic mass is 10.1. The number of hydrogen-bond donors (Lipinski definition) is 0. The van der Waals surface area contributed by atoms with Crippen LogP contribution in [0.15, 0.2) is 53.4 Å². The molecule has 2 aromatic carbocycles. The Morgan fingerprint density at radius 2 is 1.71 bits per heavy atom. The van der Waals surface area contributed by atoms with Crippen molar-refractivity contribution in [2.24, 2.45) is 0 Å². The Bertz CT molecular complexity index is 678. The van der Waals surface area contributed by atoms with E-state index in [1.807, 2.05) is 48.3 Å². The van der Waals surface area contributed by atoms with Gasteiger partial charge in [-0.25, -0.2) is 0 Å². The number of benzene rings is 2. The normalized spacial score (nSPS) is 14.8. The predicted molar refractivity (Wildman–Crippen MR) is 102 cm³/mol. The van der Waals surface area contributed by atoms with Gasteiger partial charge in [0.15, 0.2) is 0 Å². The van der Waals surface area contributed by atoms with Crippen LogP contribution in [0, 0.1) is 0 Å². The van der Waals surface area contributed by atoms with Crippen LogP contribution in [-0.2, 0) is 5.75 Å². The second-order valence-corrected chi connectivity index (χ2v) is 7.78. The molecule has 4 heteroatoms. The minimum Gasteiger partial charge on any atom is -0.339 e. The summed E-state index contributed by atoms with van der Waals surface area (Å²) in [6, 6.07) is 16.3. The number of amides is 1. The lowest BCUT2D eigenvalue weighted by molar-refractivity contribution is 0.0735. The van der Waals surface area contributed by atoms with Gasteiger partial charge in [0, 0.05) is 34.3 Å². The highest BCUT2D eigenvalue weighted by Crippen LogP contribution is 2.26. The van der Waals surface area contributed by atoms with Crippen molar-refractivity contribution < 1.29 is 4.79 Å². The molecule has 1 saturated carbocycles. The second-order valence-electron chi connectivity index (χ2n) is 6.29. The number of thioether (sulfide) groups is 1. The zero-order chi connectivity index (χ0) is 16.9. The Kier molecular flexibility index (Phi) is 5.85. The molecular formula is C20H22ClNOS. The van der Waals surface area contributed by atoms with Gasteiger partial charge in [-0.3, -0.25) is 4.79 Å². The summed E-state index contributed by atoms with van der Waals surface area (Å²) in [5.41, 5.74) is 2.00. The van der Waals surface area contributed by atoms with Gasteiger partial charge in [0.25, 0.3) is 5.91 Å². The van der Waals surface area contributed by atoms with Crippen molar-refractivity contribution in [3.63, 3.8) is 0 Å². The molecule has 24 heavy (non-hydrogen) atoms. The van der Waals surface area contributed by atoms with Crippen molar-refractivity contribution in [1.82, 2.24) is 4.90 Å². The Labute approximate surface area is 153 Å². The van der Waals surface area contributed by atoms with Crippen LogP contribution in [0.2, 0.25) is 5.02 Å². The molecule has 1 fully saturated rings. The third kappa shape index (κ3) is 4.34. The van der Waals surface area contributed by atoms with Crippen molar-refractivity contribution >= 4 is 29.3 Å².